The molecule has 5 aromatic rings. The highest BCUT2D eigenvalue weighted by Crippen LogP contribution is 2.46. The predicted octanol–water partition coefficient (Wildman–Crippen LogP) is 7.96. The van der Waals surface area contributed by atoms with Crippen LogP contribution in [0.25, 0.3) is 0 Å². The zero-order valence-electron chi connectivity index (χ0n) is 31.9. The molecule has 10 heteroatoms. The Bertz CT molecular complexity index is 2080. The van der Waals surface area contributed by atoms with Crippen LogP contribution in [0.3, 0.4) is 0 Å². The molecule has 1 amide bonds. The van der Waals surface area contributed by atoms with Crippen LogP contribution in [0, 0.1) is 0 Å². The van der Waals surface area contributed by atoms with Gasteiger partial charge in [-0.2, -0.15) is 4.31 Å². The van der Waals surface area contributed by atoms with E-state index in [2.05, 4.69) is 29.6 Å². The van der Waals surface area contributed by atoms with E-state index >= 15 is 8.42 Å². The Hall–Kier alpha value is -5.32. The minimum absolute atomic E-state index is 0.0184. The van der Waals surface area contributed by atoms with Crippen molar-refractivity contribution in [1.82, 2.24) is 9.62 Å². The molecule has 2 atom stereocenters. The zero-order chi connectivity index (χ0) is 38.8. The first-order chi connectivity index (χ1) is 26.8. The van der Waals surface area contributed by atoms with Gasteiger partial charge in [0.15, 0.2) is 23.0 Å². The molecule has 1 N–H and O–H groups in total. The number of benzene rings is 5. The first kappa shape index (κ1) is 39.4. The lowest BCUT2D eigenvalue weighted by molar-refractivity contribution is -0.126. The second-order valence-electron chi connectivity index (χ2n) is 13.8. The smallest absolute Gasteiger partial charge is 0.244 e. The van der Waals surface area contributed by atoms with E-state index in [0.29, 0.717) is 28.4 Å². The average molecular weight is 763 g/mol. The standard InChI is InChI=1S/C45H50N2O7S/c1-51-40-27-26-37(30-42(40)53-3)55(49,50)47-39(28-35-29-41(52-2)43(54-4)31-38(35)44(47)34-22-12-7-13-23-34)45(48)46-36(24-14-20-32-16-8-5-9-17-32)25-15-21-33-18-10-6-11-19-33/h5-13,16-19,22-23,26-27,29-31,36,39,44H,14-15,20-21,24-25,28H2,1-4H3,(H,46,48)/t39-,44-/m0/s1. The first-order valence-corrected chi connectivity index (χ1v) is 20.1. The maximum Gasteiger partial charge on any atom is 0.244 e. The van der Waals surface area contributed by atoms with Gasteiger partial charge in [-0.15, -0.1) is 0 Å². The molecule has 0 aliphatic carbocycles. The number of ether oxygens (including phenoxy) is 4. The van der Waals surface area contributed by atoms with Gasteiger partial charge in [-0.1, -0.05) is 91.0 Å². The van der Waals surface area contributed by atoms with Crippen molar-refractivity contribution >= 4 is 15.9 Å². The molecule has 9 nitrogen and oxygen atoms in total. The molecule has 0 unspecified atom stereocenters. The zero-order valence-corrected chi connectivity index (χ0v) is 32.8. The molecule has 1 aliphatic rings. The number of aryl methyl sites for hydroxylation is 2. The third-order valence-electron chi connectivity index (χ3n) is 10.3. The fourth-order valence-electron chi connectivity index (χ4n) is 7.54. The molecule has 0 aromatic heterocycles. The lowest BCUT2D eigenvalue weighted by Gasteiger charge is -2.42. The number of carbonyl (C=O) groups is 1. The summed E-state index contributed by atoms with van der Waals surface area (Å²) in [5.41, 5.74) is 4.69. The molecule has 6 rings (SSSR count). The highest BCUT2D eigenvalue weighted by atomic mass is 32.2. The van der Waals surface area contributed by atoms with Crippen molar-refractivity contribution in [3.8, 4) is 23.0 Å². The van der Waals surface area contributed by atoms with Crippen molar-refractivity contribution < 1.29 is 32.2 Å². The van der Waals surface area contributed by atoms with Crippen LogP contribution < -0.4 is 24.3 Å². The van der Waals surface area contributed by atoms with E-state index in [1.54, 1.807) is 20.3 Å². The van der Waals surface area contributed by atoms with Crippen molar-refractivity contribution in [3.63, 3.8) is 0 Å². The van der Waals surface area contributed by atoms with E-state index in [0.717, 1.165) is 44.1 Å². The van der Waals surface area contributed by atoms with Crippen LogP contribution >= 0.6 is 0 Å². The van der Waals surface area contributed by atoms with E-state index in [1.165, 1.54) is 41.8 Å². The van der Waals surface area contributed by atoms with Gasteiger partial charge in [-0.25, -0.2) is 8.42 Å². The third kappa shape index (κ3) is 9.15. The highest BCUT2D eigenvalue weighted by molar-refractivity contribution is 7.89. The Morgan fingerprint density at radius 3 is 1.73 bits per heavy atom. The molecular formula is C45H50N2O7S. The molecule has 5 aromatic carbocycles. The largest absolute Gasteiger partial charge is 0.493 e. The summed E-state index contributed by atoms with van der Waals surface area (Å²) in [6.07, 6.45) is 5.09. The van der Waals surface area contributed by atoms with E-state index in [1.807, 2.05) is 78.9 Å². The first-order valence-electron chi connectivity index (χ1n) is 18.7. The van der Waals surface area contributed by atoms with Crippen molar-refractivity contribution in [2.45, 2.75) is 68.0 Å². The number of amides is 1. The number of nitrogens with zero attached hydrogens (tertiary/aromatic N) is 1. The summed E-state index contributed by atoms with van der Waals surface area (Å²) in [5, 5.41) is 3.36. The summed E-state index contributed by atoms with van der Waals surface area (Å²) in [5.74, 6) is 1.27. The summed E-state index contributed by atoms with van der Waals surface area (Å²) in [6.45, 7) is 0. The summed E-state index contributed by atoms with van der Waals surface area (Å²) in [6, 6.07) is 36.1. The topological polar surface area (TPSA) is 103 Å². The number of nitrogens with one attached hydrogen (secondary N) is 1. The number of hydrogen-bond acceptors (Lipinski definition) is 7. The molecule has 288 valence electrons. The van der Waals surface area contributed by atoms with E-state index in [4.69, 9.17) is 18.9 Å². The van der Waals surface area contributed by atoms with Gasteiger partial charge in [0, 0.05) is 12.1 Å². The Kier molecular flexibility index (Phi) is 13.1. The van der Waals surface area contributed by atoms with Crippen LogP contribution in [-0.4, -0.2) is 59.2 Å². The van der Waals surface area contributed by atoms with Crippen LogP contribution in [0.15, 0.2) is 126 Å². The van der Waals surface area contributed by atoms with Crippen LogP contribution in [0.4, 0.5) is 0 Å². The molecule has 0 saturated carbocycles. The lowest BCUT2D eigenvalue weighted by Crippen LogP contribution is -2.56. The van der Waals surface area contributed by atoms with Crippen molar-refractivity contribution in [1.29, 1.82) is 0 Å². The highest BCUT2D eigenvalue weighted by Gasteiger charge is 2.47. The van der Waals surface area contributed by atoms with Crippen LogP contribution in [0.5, 0.6) is 23.0 Å². The normalized spacial score (nSPS) is 15.6. The molecule has 0 spiro atoms. The average Bonchev–Trinajstić information content (AvgIpc) is 3.23. The molecule has 0 fully saturated rings. The maximum absolute atomic E-state index is 15.2. The second-order valence-corrected chi connectivity index (χ2v) is 15.6. The van der Waals surface area contributed by atoms with Gasteiger partial charge < -0.3 is 24.3 Å². The van der Waals surface area contributed by atoms with Crippen molar-refractivity contribution in [3.05, 3.63) is 149 Å². The number of sulfonamides is 1. The predicted molar refractivity (Wildman–Crippen MR) is 215 cm³/mol. The van der Waals surface area contributed by atoms with Gasteiger partial charge in [0.05, 0.1) is 39.4 Å². The van der Waals surface area contributed by atoms with Crippen LogP contribution in [-0.2, 0) is 34.1 Å². The van der Waals surface area contributed by atoms with Gasteiger partial charge in [-0.3, -0.25) is 4.79 Å². The number of fused-ring (bicyclic) bond motifs is 1. The quantitative estimate of drug-likeness (QED) is 0.103. The Labute approximate surface area is 325 Å². The number of rotatable bonds is 17. The number of carbonyl (C=O) groups excluding carboxylic acids is 1. The van der Waals surface area contributed by atoms with Crippen LogP contribution in [0.2, 0.25) is 0 Å². The Morgan fingerprint density at radius 1 is 0.673 bits per heavy atom. The molecule has 0 saturated heterocycles. The molecule has 55 heavy (non-hydrogen) atoms. The summed E-state index contributed by atoms with van der Waals surface area (Å²) in [7, 11) is 1.71. The summed E-state index contributed by atoms with van der Waals surface area (Å²) < 4.78 is 54.1. The minimum Gasteiger partial charge on any atom is -0.493 e. The number of hydrogen-bond donors (Lipinski definition) is 1. The van der Waals surface area contributed by atoms with Crippen molar-refractivity contribution in [2.24, 2.45) is 0 Å². The lowest BCUT2D eigenvalue weighted by atomic mass is 9.85. The fourth-order valence-corrected chi connectivity index (χ4v) is 9.30. The Morgan fingerprint density at radius 2 is 1.18 bits per heavy atom. The molecular weight excluding hydrogens is 713 g/mol. The minimum atomic E-state index is -4.37. The summed E-state index contributed by atoms with van der Waals surface area (Å²) >= 11 is 0. The van der Waals surface area contributed by atoms with Crippen molar-refractivity contribution in [2.75, 3.05) is 28.4 Å². The fraction of sp³-hybridized carbons (Fsp3) is 0.311. The maximum atomic E-state index is 15.2. The van der Waals surface area contributed by atoms with E-state index in [-0.39, 0.29) is 29.0 Å². The van der Waals surface area contributed by atoms with Gasteiger partial charge >= 0.3 is 0 Å². The van der Waals surface area contributed by atoms with E-state index in [9.17, 15) is 4.79 Å². The third-order valence-corrected chi connectivity index (χ3v) is 12.2. The van der Waals surface area contributed by atoms with Gasteiger partial charge in [0.25, 0.3) is 0 Å². The SMILES string of the molecule is COc1ccc(S(=O)(=O)N2[C@@H](c3ccccc3)c3cc(OC)c(OC)cc3C[C@H]2C(=O)NC(CCCc2ccccc2)CCCc2ccccc2)cc1OC. The molecule has 1 aliphatic heterocycles. The van der Waals surface area contributed by atoms with Gasteiger partial charge in [0.1, 0.15) is 6.04 Å². The van der Waals surface area contributed by atoms with Crippen LogP contribution in [0.1, 0.15) is 59.5 Å². The molecule has 0 radical (unpaired) electrons. The van der Waals surface area contributed by atoms with E-state index < -0.39 is 22.1 Å². The van der Waals surface area contributed by atoms with Gasteiger partial charge in [0.2, 0.25) is 15.9 Å². The molecule has 1 heterocycles. The second kappa shape index (κ2) is 18.3. The summed E-state index contributed by atoms with van der Waals surface area (Å²) in [4.78, 5) is 14.9. The number of methoxy groups -OCH3 is 4. The monoisotopic (exact) mass is 762 g/mol. The Balaban J connectivity index is 1.41. The van der Waals surface area contributed by atoms with Gasteiger partial charge in [-0.05, 0) is 97.0 Å². The molecule has 0 bridgehead atoms.